The van der Waals surface area contributed by atoms with Crippen molar-refractivity contribution in [1.82, 2.24) is 10.0 Å². The molecule has 0 bridgehead atoms. The lowest BCUT2D eigenvalue weighted by atomic mass is 10.2. The molecular weight excluding hydrogens is 316 g/mol. The smallest absolute Gasteiger partial charge is 0.241 e. The normalized spacial score (nSPS) is 14.1. The number of carbonyl (C=O) groups is 1. The first-order valence-electron chi connectivity index (χ1n) is 7.85. The van der Waals surface area contributed by atoms with Crippen LogP contribution in [0.15, 0.2) is 29.2 Å². The van der Waals surface area contributed by atoms with Crippen molar-refractivity contribution in [3.8, 4) is 5.75 Å². The van der Waals surface area contributed by atoms with Crippen LogP contribution in [0.2, 0.25) is 0 Å². The molecular formula is C16H26N2O4S. The molecule has 0 spiro atoms. The molecule has 0 heterocycles. The predicted molar refractivity (Wildman–Crippen MR) is 89.9 cm³/mol. The summed E-state index contributed by atoms with van der Waals surface area (Å²) in [6, 6.07) is 5.27. The van der Waals surface area contributed by atoms with E-state index in [-0.39, 0.29) is 16.8 Å². The number of rotatable bonds is 9. The van der Waals surface area contributed by atoms with Gasteiger partial charge in [-0.15, -0.1) is 0 Å². The molecule has 0 unspecified atom stereocenters. The number of carbonyl (C=O) groups excluding carboxylic acids is 1. The second-order valence-corrected chi connectivity index (χ2v) is 7.16. The van der Waals surface area contributed by atoms with Crippen LogP contribution in [0.25, 0.3) is 0 Å². The van der Waals surface area contributed by atoms with Crippen LogP contribution in [0.4, 0.5) is 0 Å². The minimum absolute atomic E-state index is 0.0185. The topological polar surface area (TPSA) is 84.5 Å². The third kappa shape index (κ3) is 6.19. The van der Waals surface area contributed by atoms with Gasteiger partial charge in [0.05, 0.1) is 17.5 Å². The lowest BCUT2D eigenvalue weighted by molar-refractivity contribution is -0.123. The molecule has 0 saturated carbocycles. The fourth-order valence-electron chi connectivity index (χ4n) is 2.11. The number of hydrogen-bond donors (Lipinski definition) is 2. The van der Waals surface area contributed by atoms with Gasteiger partial charge in [0.1, 0.15) is 5.75 Å². The van der Waals surface area contributed by atoms with E-state index in [0.717, 1.165) is 12.8 Å². The van der Waals surface area contributed by atoms with Gasteiger partial charge in [-0.1, -0.05) is 13.3 Å². The van der Waals surface area contributed by atoms with Crippen LogP contribution in [0.5, 0.6) is 5.75 Å². The van der Waals surface area contributed by atoms with E-state index >= 15 is 0 Å². The molecule has 0 aliphatic rings. The highest BCUT2D eigenvalue weighted by molar-refractivity contribution is 7.89. The predicted octanol–water partition coefficient (Wildman–Crippen LogP) is 2.06. The Bertz CT molecular complexity index is 599. The van der Waals surface area contributed by atoms with Crippen molar-refractivity contribution in [3.63, 3.8) is 0 Å². The summed E-state index contributed by atoms with van der Waals surface area (Å²) in [6.07, 6.45) is 1.80. The lowest BCUT2D eigenvalue weighted by Gasteiger charge is -2.18. The van der Waals surface area contributed by atoms with E-state index < -0.39 is 16.1 Å². The van der Waals surface area contributed by atoms with E-state index in [4.69, 9.17) is 4.74 Å². The molecule has 0 aromatic heterocycles. The fourth-order valence-corrected chi connectivity index (χ4v) is 3.31. The first-order chi connectivity index (χ1) is 10.8. The van der Waals surface area contributed by atoms with Gasteiger partial charge in [-0.3, -0.25) is 4.79 Å². The Morgan fingerprint density at radius 3 is 2.30 bits per heavy atom. The summed E-state index contributed by atoms with van der Waals surface area (Å²) >= 11 is 0. The second-order valence-electron chi connectivity index (χ2n) is 5.45. The quantitative estimate of drug-likeness (QED) is 0.719. The number of sulfonamides is 1. The van der Waals surface area contributed by atoms with Gasteiger partial charge in [0.15, 0.2) is 0 Å². The van der Waals surface area contributed by atoms with Crippen molar-refractivity contribution in [2.24, 2.45) is 0 Å². The van der Waals surface area contributed by atoms with Crippen LogP contribution < -0.4 is 14.8 Å². The summed E-state index contributed by atoms with van der Waals surface area (Å²) in [4.78, 5) is 12.1. The SMILES string of the molecule is CCC[C@H](C)NC(=O)[C@H](C)NS(=O)(=O)c1ccc(OCC)cc1. The van der Waals surface area contributed by atoms with E-state index in [0.29, 0.717) is 12.4 Å². The van der Waals surface area contributed by atoms with Crippen LogP contribution in [0.1, 0.15) is 40.5 Å². The molecule has 6 nitrogen and oxygen atoms in total. The summed E-state index contributed by atoms with van der Waals surface area (Å²) in [5.74, 6) is 0.270. The number of hydrogen-bond acceptors (Lipinski definition) is 4. The minimum atomic E-state index is -3.75. The van der Waals surface area contributed by atoms with Crippen molar-refractivity contribution >= 4 is 15.9 Å². The Kier molecular flexibility index (Phi) is 7.51. The Morgan fingerprint density at radius 2 is 1.78 bits per heavy atom. The number of ether oxygens (including phenoxy) is 1. The van der Waals surface area contributed by atoms with Gasteiger partial charge in [-0.25, -0.2) is 8.42 Å². The first kappa shape index (κ1) is 19.4. The standard InChI is InChI=1S/C16H26N2O4S/c1-5-7-12(3)17-16(19)13(4)18-23(20,21)15-10-8-14(9-11-15)22-6-2/h8-13,18H,5-7H2,1-4H3,(H,17,19)/t12-,13-/m0/s1. The van der Waals surface area contributed by atoms with Gasteiger partial charge < -0.3 is 10.1 Å². The van der Waals surface area contributed by atoms with Gasteiger partial charge in [0, 0.05) is 6.04 Å². The highest BCUT2D eigenvalue weighted by Crippen LogP contribution is 2.16. The summed E-state index contributed by atoms with van der Waals surface area (Å²) in [7, 11) is -3.75. The third-order valence-electron chi connectivity index (χ3n) is 3.28. The monoisotopic (exact) mass is 342 g/mol. The van der Waals surface area contributed by atoms with Crippen molar-refractivity contribution < 1.29 is 17.9 Å². The van der Waals surface area contributed by atoms with E-state index in [1.807, 2.05) is 20.8 Å². The minimum Gasteiger partial charge on any atom is -0.494 e. The maximum Gasteiger partial charge on any atom is 0.241 e. The van der Waals surface area contributed by atoms with Crippen molar-refractivity contribution in [1.29, 1.82) is 0 Å². The molecule has 2 N–H and O–H groups in total. The van der Waals surface area contributed by atoms with Gasteiger partial charge in [-0.2, -0.15) is 4.72 Å². The molecule has 7 heteroatoms. The fraction of sp³-hybridized carbons (Fsp3) is 0.562. The molecule has 2 atom stereocenters. The molecule has 1 rings (SSSR count). The van der Waals surface area contributed by atoms with E-state index in [2.05, 4.69) is 10.0 Å². The zero-order chi connectivity index (χ0) is 17.5. The van der Waals surface area contributed by atoms with Crippen molar-refractivity contribution in [2.75, 3.05) is 6.61 Å². The molecule has 23 heavy (non-hydrogen) atoms. The Labute approximate surface area is 138 Å². The molecule has 0 aliphatic heterocycles. The lowest BCUT2D eigenvalue weighted by Crippen LogP contribution is -2.47. The molecule has 1 aromatic carbocycles. The van der Waals surface area contributed by atoms with Crippen LogP contribution in [0, 0.1) is 0 Å². The van der Waals surface area contributed by atoms with Crippen LogP contribution in [-0.2, 0) is 14.8 Å². The number of benzene rings is 1. The molecule has 1 amide bonds. The zero-order valence-electron chi connectivity index (χ0n) is 14.1. The van der Waals surface area contributed by atoms with Gasteiger partial charge in [0.25, 0.3) is 0 Å². The van der Waals surface area contributed by atoms with Gasteiger partial charge in [-0.05, 0) is 51.5 Å². The first-order valence-corrected chi connectivity index (χ1v) is 9.34. The Balaban J connectivity index is 2.71. The second kappa shape index (κ2) is 8.88. The molecule has 0 radical (unpaired) electrons. The summed E-state index contributed by atoms with van der Waals surface area (Å²) in [6.45, 7) is 7.82. The third-order valence-corrected chi connectivity index (χ3v) is 4.84. The summed E-state index contributed by atoms with van der Waals surface area (Å²) in [5, 5.41) is 2.79. The van der Waals surface area contributed by atoms with Crippen molar-refractivity contribution in [2.45, 2.75) is 57.5 Å². The maximum atomic E-state index is 12.3. The van der Waals surface area contributed by atoms with Crippen LogP contribution in [0.3, 0.4) is 0 Å². The highest BCUT2D eigenvalue weighted by Gasteiger charge is 2.22. The molecule has 130 valence electrons. The number of nitrogens with one attached hydrogen (secondary N) is 2. The van der Waals surface area contributed by atoms with E-state index in [1.165, 1.54) is 19.1 Å². The molecule has 0 fully saturated rings. The van der Waals surface area contributed by atoms with Gasteiger partial charge >= 0.3 is 0 Å². The average Bonchev–Trinajstić information content (AvgIpc) is 2.47. The Hall–Kier alpha value is -1.60. The van der Waals surface area contributed by atoms with Crippen LogP contribution in [-0.4, -0.2) is 33.0 Å². The summed E-state index contributed by atoms with van der Waals surface area (Å²) < 4.78 is 32.3. The molecule has 0 saturated heterocycles. The number of amides is 1. The average molecular weight is 342 g/mol. The largest absolute Gasteiger partial charge is 0.494 e. The maximum absolute atomic E-state index is 12.3. The molecule has 1 aromatic rings. The molecule has 0 aliphatic carbocycles. The zero-order valence-corrected chi connectivity index (χ0v) is 14.9. The van der Waals surface area contributed by atoms with E-state index in [1.54, 1.807) is 12.1 Å². The highest BCUT2D eigenvalue weighted by atomic mass is 32.2. The van der Waals surface area contributed by atoms with E-state index in [9.17, 15) is 13.2 Å². The van der Waals surface area contributed by atoms with Gasteiger partial charge in [0.2, 0.25) is 15.9 Å². The van der Waals surface area contributed by atoms with Crippen LogP contribution >= 0.6 is 0 Å². The Morgan fingerprint density at radius 1 is 1.17 bits per heavy atom. The summed E-state index contributed by atoms with van der Waals surface area (Å²) in [5.41, 5.74) is 0. The van der Waals surface area contributed by atoms with Crippen molar-refractivity contribution in [3.05, 3.63) is 24.3 Å².